The van der Waals surface area contributed by atoms with Gasteiger partial charge in [-0.3, -0.25) is 9.48 Å². The maximum absolute atomic E-state index is 13.0. The number of fused-ring (bicyclic) bond motifs is 1. The summed E-state index contributed by atoms with van der Waals surface area (Å²) >= 11 is 1.41. The Hall–Kier alpha value is -3.00. The number of carbonyl (C=O) groups is 1. The lowest BCUT2D eigenvalue weighted by molar-refractivity contribution is -0.118. The van der Waals surface area contributed by atoms with Gasteiger partial charge in [0.1, 0.15) is 11.9 Å². The minimum absolute atomic E-state index is 0.114. The number of rotatable bonds is 5. The Morgan fingerprint density at radius 2 is 1.96 bits per heavy atom. The van der Waals surface area contributed by atoms with Crippen LogP contribution in [0.4, 0.5) is 5.13 Å². The van der Waals surface area contributed by atoms with E-state index in [1.54, 1.807) is 10.9 Å². The minimum Gasteiger partial charge on any atom is -0.315 e. The number of imidazole rings is 1. The molecule has 0 saturated heterocycles. The molecule has 8 heteroatoms. The lowest BCUT2D eigenvalue weighted by Crippen LogP contribution is -2.25. The summed E-state index contributed by atoms with van der Waals surface area (Å²) in [5, 5.41) is 9.61. The van der Waals surface area contributed by atoms with Gasteiger partial charge in [0.25, 0.3) is 0 Å². The van der Waals surface area contributed by atoms with Crippen molar-refractivity contribution in [3.05, 3.63) is 47.9 Å². The third kappa shape index (κ3) is 3.31. The number of hydrogen-bond acceptors (Lipinski definition) is 5. The molecule has 0 spiro atoms. The number of nitrogens with one attached hydrogen (secondary N) is 1. The Labute approximate surface area is 167 Å². The van der Waals surface area contributed by atoms with Crippen LogP contribution in [-0.2, 0) is 11.8 Å². The Morgan fingerprint density at radius 3 is 2.68 bits per heavy atom. The van der Waals surface area contributed by atoms with Crippen molar-refractivity contribution >= 4 is 33.4 Å². The number of amides is 1. The molecule has 1 atom stereocenters. The van der Waals surface area contributed by atoms with E-state index in [0.717, 1.165) is 28.1 Å². The molecule has 0 unspecified atom stereocenters. The largest absolute Gasteiger partial charge is 0.315 e. The molecule has 0 aliphatic rings. The molecule has 4 aromatic rings. The van der Waals surface area contributed by atoms with E-state index in [-0.39, 0.29) is 11.8 Å². The number of thiazole rings is 1. The minimum atomic E-state index is -0.407. The van der Waals surface area contributed by atoms with Crippen molar-refractivity contribution in [3.63, 3.8) is 0 Å². The van der Waals surface area contributed by atoms with Crippen molar-refractivity contribution < 1.29 is 4.79 Å². The average Bonchev–Trinajstić information content (AvgIpc) is 3.38. The van der Waals surface area contributed by atoms with Crippen LogP contribution < -0.4 is 5.32 Å². The summed E-state index contributed by atoms with van der Waals surface area (Å²) in [5.41, 5.74) is 3.59. The predicted molar refractivity (Wildman–Crippen MR) is 111 cm³/mol. The molecule has 0 saturated carbocycles. The quantitative estimate of drug-likeness (QED) is 0.550. The highest BCUT2D eigenvalue weighted by atomic mass is 32.1. The second-order valence-electron chi connectivity index (χ2n) is 7.09. The standard InChI is InChI=1S/C20H22N6OS/c1-12(2)18-22-15-7-5-6-8-17(15)26(18)13(3)19(27)24-20-23-16(11-28-20)14-9-21-25(4)10-14/h5-13H,1-4H3,(H,23,24,27)/t13-/m1/s1. The van der Waals surface area contributed by atoms with Crippen LogP contribution in [0.2, 0.25) is 0 Å². The van der Waals surface area contributed by atoms with Gasteiger partial charge in [-0.15, -0.1) is 11.3 Å². The number of benzene rings is 1. The fraction of sp³-hybridized carbons (Fsp3) is 0.300. The van der Waals surface area contributed by atoms with Crippen molar-refractivity contribution in [2.75, 3.05) is 5.32 Å². The number of hydrogen-bond donors (Lipinski definition) is 1. The van der Waals surface area contributed by atoms with Gasteiger partial charge in [-0.05, 0) is 19.1 Å². The van der Waals surface area contributed by atoms with Gasteiger partial charge in [0.15, 0.2) is 5.13 Å². The Bertz CT molecular complexity index is 1140. The van der Waals surface area contributed by atoms with E-state index in [0.29, 0.717) is 5.13 Å². The van der Waals surface area contributed by atoms with Crippen LogP contribution in [-0.4, -0.2) is 30.2 Å². The Balaban J connectivity index is 1.60. The SMILES string of the molecule is CC(C)c1nc2ccccc2n1[C@H](C)C(=O)Nc1nc(-c2cnn(C)c2)cs1. The van der Waals surface area contributed by atoms with E-state index < -0.39 is 6.04 Å². The van der Waals surface area contributed by atoms with Crippen LogP contribution in [0, 0.1) is 0 Å². The van der Waals surface area contributed by atoms with Gasteiger partial charge in [0, 0.05) is 30.1 Å². The number of nitrogens with zero attached hydrogens (tertiary/aromatic N) is 5. The molecule has 0 radical (unpaired) electrons. The molecule has 7 nitrogen and oxygen atoms in total. The second-order valence-corrected chi connectivity index (χ2v) is 7.95. The summed E-state index contributed by atoms with van der Waals surface area (Å²) in [6.07, 6.45) is 3.66. The smallest absolute Gasteiger partial charge is 0.248 e. The first kappa shape index (κ1) is 18.4. The zero-order valence-electron chi connectivity index (χ0n) is 16.2. The third-order valence-electron chi connectivity index (χ3n) is 4.64. The topological polar surface area (TPSA) is 77.6 Å². The first-order valence-corrected chi connectivity index (χ1v) is 10.0. The molecular formula is C20H22N6OS. The molecule has 144 valence electrons. The van der Waals surface area contributed by atoms with Crippen LogP contribution in [0.5, 0.6) is 0 Å². The van der Waals surface area contributed by atoms with Crippen molar-refractivity contribution in [2.45, 2.75) is 32.7 Å². The molecule has 1 amide bonds. The maximum Gasteiger partial charge on any atom is 0.248 e. The maximum atomic E-state index is 13.0. The summed E-state index contributed by atoms with van der Waals surface area (Å²) in [6, 6.07) is 7.50. The van der Waals surface area contributed by atoms with Gasteiger partial charge in [-0.25, -0.2) is 9.97 Å². The molecule has 3 aromatic heterocycles. The van der Waals surface area contributed by atoms with Crippen LogP contribution in [0.3, 0.4) is 0 Å². The van der Waals surface area contributed by atoms with E-state index in [9.17, 15) is 4.79 Å². The number of anilines is 1. The van der Waals surface area contributed by atoms with Crippen LogP contribution >= 0.6 is 11.3 Å². The van der Waals surface area contributed by atoms with Crippen molar-refractivity contribution in [3.8, 4) is 11.3 Å². The highest BCUT2D eigenvalue weighted by Gasteiger charge is 2.23. The summed E-state index contributed by atoms with van der Waals surface area (Å²) in [7, 11) is 1.86. The zero-order valence-corrected chi connectivity index (χ0v) is 17.1. The predicted octanol–water partition coefficient (Wildman–Crippen LogP) is 4.22. The third-order valence-corrected chi connectivity index (χ3v) is 5.40. The van der Waals surface area contributed by atoms with Crippen molar-refractivity contribution in [2.24, 2.45) is 7.05 Å². The zero-order chi connectivity index (χ0) is 19.8. The van der Waals surface area contributed by atoms with E-state index in [4.69, 9.17) is 4.98 Å². The second kappa shape index (κ2) is 7.20. The van der Waals surface area contributed by atoms with Crippen LogP contribution in [0.25, 0.3) is 22.3 Å². The Morgan fingerprint density at radius 1 is 1.18 bits per heavy atom. The molecule has 0 aliphatic carbocycles. The molecule has 1 aromatic carbocycles. The number of carbonyl (C=O) groups excluding carboxylic acids is 1. The van der Waals surface area contributed by atoms with E-state index in [1.165, 1.54) is 11.3 Å². The van der Waals surface area contributed by atoms with Gasteiger partial charge in [-0.1, -0.05) is 26.0 Å². The van der Waals surface area contributed by atoms with Crippen molar-refractivity contribution in [1.29, 1.82) is 0 Å². The van der Waals surface area contributed by atoms with Crippen LogP contribution in [0.15, 0.2) is 42.0 Å². The summed E-state index contributed by atoms with van der Waals surface area (Å²) < 4.78 is 3.75. The number of para-hydroxylation sites is 2. The fourth-order valence-electron chi connectivity index (χ4n) is 3.22. The average molecular weight is 395 g/mol. The number of aromatic nitrogens is 5. The highest BCUT2D eigenvalue weighted by Crippen LogP contribution is 2.28. The molecule has 0 fully saturated rings. The Kier molecular flexibility index (Phi) is 4.72. The fourth-order valence-corrected chi connectivity index (χ4v) is 3.94. The monoisotopic (exact) mass is 394 g/mol. The van der Waals surface area contributed by atoms with Crippen LogP contribution in [0.1, 0.15) is 38.6 Å². The highest BCUT2D eigenvalue weighted by molar-refractivity contribution is 7.14. The first-order valence-electron chi connectivity index (χ1n) is 9.16. The molecular weight excluding hydrogens is 372 g/mol. The van der Waals surface area contributed by atoms with E-state index in [1.807, 2.05) is 54.4 Å². The molecule has 0 aliphatic heterocycles. The summed E-state index contributed by atoms with van der Waals surface area (Å²) in [5.74, 6) is 0.996. The molecule has 4 rings (SSSR count). The molecule has 3 heterocycles. The summed E-state index contributed by atoms with van der Waals surface area (Å²) in [4.78, 5) is 22.2. The van der Waals surface area contributed by atoms with Gasteiger partial charge < -0.3 is 9.88 Å². The van der Waals surface area contributed by atoms with E-state index in [2.05, 4.69) is 29.2 Å². The van der Waals surface area contributed by atoms with Gasteiger partial charge in [-0.2, -0.15) is 5.10 Å². The van der Waals surface area contributed by atoms with Gasteiger partial charge >= 0.3 is 0 Å². The lowest BCUT2D eigenvalue weighted by Gasteiger charge is -2.18. The lowest BCUT2D eigenvalue weighted by atomic mass is 10.2. The molecule has 28 heavy (non-hydrogen) atoms. The van der Waals surface area contributed by atoms with Gasteiger partial charge in [0.2, 0.25) is 5.91 Å². The molecule has 1 N–H and O–H groups in total. The number of aryl methyl sites for hydroxylation is 1. The molecule has 0 bridgehead atoms. The summed E-state index contributed by atoms with van der Waals surface area (Å²) in [6.45, 7) is 6.07. The normalized spacial score (nSPS) is 12.6. The van der Waals surface area contributed by atoms with Gasteiger partial charge in [0.05, 0.1) is 22.9 Å². The van der Waals surface area contributed by atoms with Crippen molar-refractivity contribution in [1.82, 2.24) is 24.3 Å². The first-order chi connectivity index (χ1) is 13.4. The van der Waals surface area contributed by atoms with E-state index >= 15 is 0 Å².